The summed E-state index contributed by atoms with van der Waals surface area (Å²) in [6.45, 7) is 3.77. The summed E-state index contributed by atoms with van der Waals surface area (Å²) >= 11 is 1.54. The van der Waals surface area contributed by atoms with Gasteiger partial charge in [0.1, 0.15) is 0 Å². The molecule has 0 aliphatic carbocycles. The lowest BCUT2D eigenvalue weighted by atomic mass is 10.2. The molecule has 20 heavy (non-hydrogen) atoms. The highest BCUT2D eigenvalue weighted by Crippen LogP contribution is 2.18. The van der Waals surface area contributed by atoms with Crippen LogP contribution >= 0.6 is 11.3 Å². The SMILES string of the molecule is COCCN(Cc1ccccc1)C(=O)c1ccc(C)s1. The van der Waals surface area contributed by atoms with Crippen molar-refractivity contribution in [2.24, 2.45) is 0 Å². The van der Waals surface area contributed by atoms with Crippen molar-refractivity contribution in [3.63, 3.8) is 0 Å². The quantitative estimate of drug-likeness (QED) is 0.816. The zero-order chi connectivity index (χ0) is 14.4. The maximum Gasteiger partial charge on any atom is 0.264 e. The van der Waals surface area contributed by atoms with Gasteiger partial charge in [-0.25, -0.2) is 0 Å². The summed E-state index contributed by atoms with van der Waals surface area (Å²) in [5.74, 6) is 0.0732. The van der Waals surface area contributed by atoms with E-state index >= 15 is 0 Å². The Morgan fingerprint density at radius 2 is 1.95 bits per heavy atom. The van der Waals surface area contributed by atoms with Crippen LogP contribution in [0.15, 0.2) is 42.5 Å². The minimum absolute atomic E-state index is 0.0732. The Bertz CT molecular complexity index is 551. The molecule has 0 aliphatic heterocycles. The summed E-state index contributed by atoms with van der Waals surface area (Å²) < 4.78 is 5.11. The van der Waals surface area contributed by atoms with Crippen molar-refractivity contribution in [3.8, 4) is 0 Å². The fourth-order valence-electron chi connectivity index (χ4n) is 1.96. The van der Waals surface area contributed by atoms with Crippen molar-refractivity contribution < 1.29 is 9.53 Å². The second-order valence-electron chi connectivity index (χ2n) is 4.62. The molecule has 0 atom stereocenters. The number of rotatable bonds is 6. The molecule has 0 saturated heterocycles. The van der Waals surface area contributed by atoms with Crippen LogP contribution in [0.3, 0.4) is 0 Å². The number of amides is 1. The molecule has 0 bridgehead atoms. The van der Waals surface area contributed by atoms with Crippen LogP contribution in [0.1, 0.15) is 20.1 Å². The highest BCUT2D eigenvalue weighted by molar-refractivity contribution is 7.13. The summed E-state index contributed by atoms with van der Waals surface area (Å²) in [6, 6.07) is 13.9. The number of carbonyl (C=O) groups is 1. The van der Waals surface area contributed by atoms with Gasteiger partial charge in [-0.05, 0) is 24.6 Å². The monoisotopic (exact) mass is 289 g/mol. The van der Waals surface area contributed by atoms with Gasteiger partial charge in [0, 0.05) is 25.1 Å². The molecule has 106 valence electrons. The molecule has 1 heterocycles. The van der Waals surface area contributed by atoms with Crippen LogP contribution in [0.25, 0.3) is 0 Å². The van der Waals surface area contributed by atoms with Gasteiger partial charge in [0.25, 0.3) is 5.91 Å². The van der Waals surface area contributed by atoms with Crippen LogP contribution in [0, 0.1) is 6.92 Å². The van der Waals surface area contributed by atoms with Gasteiger partial charge in [-0.3, -0.25) is 4.79 Å². The van der Waals surface area contributed by atoms with Gasteiger partial charge < -0.3 is 9.64 Å². The first-order valence-electron chi connectivity index (χ1n) is 6.59. The lowest BCUT2D eigenvalue weighted by Gasteiger charge is -2.22. The summed E-state index contributed by atoms with van der Waals surface area (Å²) in [5.41, 5.74) is 1.13. The normalized spacial score (nSPS) is 10.5. The molecular formula is C16H19NO2S. The van der Waals surface area contributed by atoms with E-state index in [4.69, 9.17) is 4.74 Å². The lowest BCUT2D eigenvalue weighted by Crippen LogP contribution is -2.33. The first-order chi connectivity index (χ1) is 9.70. The van der Waals surface area contributed by atoms with Crippen LogP contribution in [-0.2, 0) is 11.3 Å². The largest absolute Gasteiger partial charge is 0.383 e. The van der Waals surface area contributed by atoms with Gasteiger partial charge >= 0.3 is 0 Å². The van der Waals surface area contributed by atoms with Crippen molar-refractivity contribution in [1.82, 2.24) is 4.90 Å². The highest BCUT2D eigenvalue weighted by Gasteiger charge is 2.17. The van der Waals surface area contributed by atoms with Crippen LogP contribution in [0.4, 0.5) is 0 Å². The molecule has 2 aromatic rings. The second-order valence-corrected chi connectivity index (χ2v) is 5.90. The minimum Gasteiger partial charge on any atom is -0.383 e. The van der Waals surface area contributed by atoms with E-state index in [0.717, 1.165) is 15.3 Å². The van der Waals surface area contributed by atoms with Crippen molar-refractivity contribution in [2.75, 3.05) is 20.3 Å². The lowest BCUT2D eigenvalue weighted by molar-refractivity contribution is 0.0685. The summed E-state index contributed by atoms with van der Waals surface area (Å²) in [6.07, 6.45) is 0. The second kappa shape index (κ2) is 7.22. The number of hydrogen-bond donors (Lipinski definition) is 0. The molecule has 1 aromatic carbocycles. The van der Waals surface area contributed by atoms with Crippen LogP contribution < -0.4 is 0 Å². The topological polar surface area (TPSA) is 29.5 Å². The third-order valence-electron chi connectivity index (χ3n) is 3.02. The highest BCUT2D eigenvalue weighted by atomic mass is 32.1. The number of thiophene rings is 1. The van der Waals surface area contributed by atoms with E-state index in [1.54, 1.807) is 7.11 Å². The average Bonchev–Trinajstić information content (AvgIpc) is 2.90. The van der Waals surface area contributed by atoms with Gasteiger partial charge in [0.15, 0.2) is 0 Å². The molecule has 0 unspecified atom stereocenters. The van der Waals surface area contributed by atoms with Crippen LogP contribution in [0.5, 0.6) is 0 Å². The third kappa shape index (κ3) is 3.92. The van der Waals surface area contributed by atoms with Crippen LogP contribution in [-0.4, -0.2) is 31.1 Å². The molecule has 0 spiro atoms. The number of aryl methyl sites for hydroxylation is 1. The number of nitrogens with zero attached hydrogens (tertiary/aromatic N) is 1. The maximum atomic E-state index is 12.5. The van der Waals surface area contributed by atoms with E-state index in [0.29, 0.717) is 19.7 Å². The molecular weight excluding hydrogens is 270 g/mol. The Morgan fingerprint density at radius 3 is 2.55 bits per heavy atom. The van der Waals surface area contributed by atoms with E-state index in [1.165, 1.54) is 11.3 Å². The molecule has 4 heteroatoms. The smallest absolute Gasteiger partial charge is 0.264 e. The van der Waals surface area contributed by atoms with Gasteiger partial charge in [0.2, 0.25) is 0 Å². The molecule has 1 aromatic heterocycles. The Hall–Kier alpha value is -1.65. The molecule has 1 amide bonds. The van der Waals surface area contributed by atoms with Crippen molar-refractivity contribution in [1.29, 1.82) is 0 Å². The van der Waals surface area contributed by atoms with Gasteiger partial charge in [-0.15, -0.1) is 11.3 Å². The zero-order valence-corrected chi connectivity index (χ0v) is 12.7. The molecule has 0 fully saturated rings. The van der Waals surface area contributed by atoms with Crippen LogP contribution in [0.2, 0.25) is 0 Å². The molecule has 2 rings (SSSR count). The van der Waals surface area contributed by atoms with E-state index < -0.39 is 0 Å². The van der Waals surface area contributed by atoms with E-state index in [9.17, 15) is 4.79 Å². The first-order valence-corrected chi connectivity index (χ1v) is 7.41. The van der Waals surface area contributed by atoms with Crippen molar-refractivity contribution >= 4 is 17.2 Å². The molecule has 0 saturated carbocycles. The molecule has 0 N–H and O–H groups in total. The van der Waals surface area contributed by atoms with Crippen molar-refractivity contribution in [3.05, 3.63) is 57.8 Å². The average molecular weight is 289 g/mol. The molecule has 3 nitrogen and oxygen atoms in total. The fraction of sp³-hybridized carbons (Fsp3) is 0.312. The number of benzene rings is 1. The fourth-order valence-corrected chi connectivity index (χ4v) is 2.80. The number of ether oxygens (including phenoxy) is 1. The molecule has 0 aliphatic rings. The number of methoxy groups -OCH3 is 1. The minimum atomic E-state index is 0.0732. The zero-order valence-electron chi connectivity index (χ0n) is 11.8. The van der Waals surface area contributed by atoms with Gasteiger partial charge in [0.05, 0.1) is 11.5 Å². The first kappa shape index (κ1) is 14.8. The Kier molecular flexibility index (Phi) is 5.32. The Morgan fingerprint density at radius 1 is 1.20 bits per heavy atom. The van der Waals surface area contributed by atoms with E-state index in [2.05, 4.69) is 0 Å². The standard InChI is InChI=1S/C16H19NO2S/c1-13-8-9-15(20-13)16(18)17(10-11-19-2)12-14-6-4-3-5-7-14/h3-9H,10-12H2,1-2H3. The summed E-state index contributed by atoms with van der Waals surface area (Å²) in [4.78, 5) is 16.3. The predicted molar refractivity (Wildman–Crippen MR) is 82.1 cm³/mol. The summed E-state index contributed by atoms with van der Waals surface area (Å²) in [7, 11) is 1.65. The Labute approximate surface area is 123 Å². The molecule has 0 radical (unpaired) electrons. The van der Waals surface area contributed by atoms with Gasteiger partial charge in [-0.2, -0.15) is 0 Å². The van der Waals surface area contributed by atoms with E-state index in [-0.39, 0.29) is 5.91 Å². The van der Waals surface area contributed by atoms with Crippen molar-refractivity contribution in [2.45, 2.75) is 13.5 Å². The van der Waals surface area contributed by atoms with Gasteiger partial charge in [-0.1, -0.05) is 30.3 Å². The maximum absolute atomic E-state index is 12.5. The predicted octanol–water partition coefficient (Wildman–Crippen LogP) is 3.35. The summed E-state index contributed by atoms with van der Waals surface area (Å²) in [5, 5.41) is 0. The van der Waals surface area contributed by atoms with E-state index in [1.807, 2.05) is 54.3 Å². The third-order valence-corrected chi connectivity index (χ3v) is 4.01. The number of hydrogen-bond acceptors (Lipinski definition) is 3. The number of carbonyl (C=O) groups excluding carboxylic acids is 1. The Balaban J connectivity index is 2.12.